The molecule has 1 aromatic carbocycles. The second kappa shape index (κ2) is 7.14. The molecule has 19 heavy (non-hydrogen) atoms. The lowest BCUT2D eigenvalue weighted by atomic mass is 10.0. The number of hydrogen-bond acceptors (Lipinski definition) is 2. The van der Waals surface area contributed by atoms with Crippen LogP contribution in [0.5, 0.6) is 0 Å². The average Bonchev–Trinajstić information content (AvgIpc) is 2.49. The van der Waals surface area contributed by atoms with Crippen LogP contribution in [-0.2, 0) is 0 Å². The van der Waals surface area contributed by atoms with Gasteiger partial charge in [0.2, 0.25) is 0 Å². The quantitative estimate of drug-likeness (QED) is 0.639. The zero-order valence-electron chi connectivity index (χ0n) is 11.3. The predicted octanol–water partition coefficient (Wildman–Crippen LogP) is 1.56. The minimum Gasteiger partial charge on any atom is -0.396 e. The molecule has 1 atom stereocenters. The lowest BCUT2D eigenvalue weighted by Crippen LogP contribution is -2.41. The van der Waals surface area contributed by atoms with Gasteiger partial charge in [0.25, 0.3) is 0 Å². The fraction of sp³-hybridized carbons (Fsp3) is 0.533. The first kappa shape index (κ1) is 13.9. The first-order valence-corrected chi connectivity index (χ1v) is 7.02. The van der Waals surface area contributed by atoms with Gasteiger partial charge in [0, 0.05) is 19.0 Å². The van der Waals surface area contributed by atoms with E-state index in [1.54, 1.807) is 0 Å². The summed E-state index contributed by atoms with van der Waals surface area (Å²) in [7, 11) is 0. The van der Waals surface area contributed by atoms with Crippen LogP contribution < -0.4 is 5.73 Å². The van der Waals surface area contributed by atoms with E-state index in [2.05, 4.69) is 9.89 Å². The molecule has 0 aromatic heterocycles. The molecule has 0 radical (unpaired) electrons. The Bertz CT molecular complexity index is 399. The normalized spacial score (nSPS) is 18.4. The van der Waals surface area contributed by atoms with Crippen LogP contribution in [0.2, 0.25) is 0 Å². The molecule has 0 aliphatic carbocycles. The molecule has 0 spiro atoms. The second-order valence-electron chi connectivity index (χ2n) is 5.04. The summed E-state index contributed by atoms with van der Waals surface area (Å²) in [6, 6.07) is 9.98. The summed E-state index contributed by atoms with van der Waals surface area (Å²) >= 11 is 0. The Morgan fingerprint density at radius 1 is 1.21 bits per heavy atom. The molecule has 4 nitrogen and oxygen atoms in total. The highest BCUT2D eigenvalue weighted by atomic mass is 16.3. The van der Waals surface area contributed by atoms with Crippen molar-refractivity contribution in [2.24, 2.45) is 10.7 Å². The van der Waals surface area contributed by atoms with Gasteiger partial charge in [0.1, 0.15) is 0 Å². The molecule has 0 amide bonds. The summed E-state index contributed by atoms with van der Waals surface area (Å²) in [4.78, 5) is 6.60. The minimum atomic E-state index is 0.0320. The SMILES string of the molecule is NC(=NCC(CO)c1ccccc1)N1CCCCC1. The van der Waals surface area contributed by atoms with Gasteiger partial charge < -0.3 is 15.7 Å². The molecule has 0 bridgehead atoms. The van der Waals surface area contributed by atoms with Crippen molar-refractivity contribution in [1.29, 1.82) is 0 Å². The van der Waals surface area contributed by atoms with E-state index in [-0.39, 0.29) is 12.5 Å². The molecule has 1 unspecified atom stereocenters. The van der Waals surface area contributed by atoms with E-state index in [0.29, 0.717) is 12.5 Å². The maximum atomic E-state index is 9.48. The van der Waals surface area contributed by atoms with Crippen LogP contribution in [0, 0.1) is 0 Å². The van der Waals surface area contributed by atoms with E-state index in [4.69, 9.17) is 5.73 Å². The van der Waals surface area contributed by atoms with Crippen molar-refractivity contribution in [3.05, 3.63) is 35.9 Å². The molecular weight excluding hydrogens is 238 g/mol. The number of likely N-dealkylation sites (tertiary alicyclic amines) is 1. The number of hydrogen-bond donors (Lipinski definition) is 2. The van der Waals surface area contributed by atoms with E-state index < -0.39 is 0 Å². The van der Waals surface area contributed by atoms with Gasteiger partial charge in [-0.1, -0.05) is 30.3 Å². The van der Waals surface area contributed by atoms with E-state index in [0.717, 1.165) is 18.7 Å². The number of piperidine rings is 1. The van der Waals surface area contributed by atoms with Gasteiger partial charge in [-0.3, -0.25) is 4.99 Å². The number of nitrogens with two attached hydrogens (primary N) is 1. The fourth-order valence-electron chi connectivity index (χ4n) is 2.42. The topological polar surface area (TPSA) is 61.9 Å². The molecule has 1 saturated heterocycles. The summed E-state index contributed by atoms with van der Waals surface area (Å²) in [5.41, 5.74) is 7.14. The number of nitrogens with zero attached hydrogens (tertiary/aromatic N) is 2. The molecule has 1 aliphatic heterocycles. The Morgan fingerprint density at radius 2 is 1.89 bits per heavy atom. The molecular formula is C15H23N3O. The van der Waals surface area contributed by atoms with Crippen molar-refractivity contribution in [1.82, 2.24) is 4.90 Å². The third-order valence-corrected chi connectivity index (χ3v) is 3.65. The first-order valence-electron chi connectivity index (χ1n) is 7.02. The van der Waals surface area contributed by atoms with Crippen molar-refractivity contribution >= 4 is 5.96 Å². The van der Waals surface area contributed by atoms with Crippen molar-refractivity contribution in [3.63, 3.8) is 0 Å². The zero-order valence-corrected chi connectivity index (χ0v) is 11.3. The summed E-state index contributed by atoms with van der Waals surface area (Å²) in [6.07, 6.45) is 3.67. The Kier molecular flexibility index (Phi) is 5.21. The lowest BCUT2D eigenvalue weighted by molar-refractivity contribution is 0.267. The highest BCUT2D eigenvalue weighted by Gasteiger charge is 2.13. The maximum Gasteiger partial charge on any atom is 0.191 e. The third-order valence-electron chi connectivity index (χ3n) is 3.65. The third kappa shape index (κ3) is 3.96. The summed E-state index contributed by atoms with van der Waals surface area (Å²) < 4.78 is 0. The Hall–Kier alpha value is -1.55. The van der Waals surface area contributed by atoms with Gasteiger partial charge in [-0.05, 0) is 24.8 Å². The Labute approximate surface area is 114 Å². The molecule has 1 aliphatic rings. The summed E-state index contributed by atoms with van der Waals surface area (Å²) in [5, 5.41) is 9.48. The lowest BCUT2D eigenvalue weighted by Gasteiger charge is -2.27. The van der Waals surface area contributed by atoms with E-state index in [9.17, 15) is 5.11 Å². The molecule has 4 heteroatoms. The second-order valence-corrected chi connectivity index (χ2v) is 5.04. The average molecular weight is 261 g/mol. The van der Waals surface area contributed by atoms with Gasteiger partial charge in [-0.2, -0.15) is 0 Å². The van der Waals surface area contributed by atoms with Gasteiger partial charge in [-0.15, -0.1) is 0 Å². The van der Waals surface area contributed by atoms with Crippen molar-refractivity contribution in [3.8, 4) is 0 Å². The van der Waals surface area contributed by atoms with Crippen LogP contribution >= 0.6 is 0 Å². The molecule has 3 N–H and O–H groups in total. The molecule has 104 valence electrons. The van der Waals surface area contributed by atoms with Gasteiger partial charge in [0.05, 0.1) is 13.2 Å². The minimum absolute atomic E-state index is 0.0320. The molecule has 2 rings (SSSR count). The van der Waals surface area contributed by atoms with Crippen LogP contribution in [0.1, 0.15) is 30.7 Å². The highest BCUT2D eigenvalue weighted by molar-refractivity contribution is 5.78. The van der Waals surface area contributed by atoms with Crippen molar-refractivity contribution in [2.75, 3.05) is 26.2 Å². The fourth-order valence-corrected chi connectivity index (χ4v) is 2.42. The Morgan fingerprint density at radius 3 is 2.53 bits per heavy atom. The molecule has 1 fully saturated rings. The maximum absolute atomic E-state index is 9.48. The van der Waals surface area contributed by atoms with Gasteiger partial charge >= 0.3 is 0 Å². The summed E-state index contributed by atoms with van der Waals surface area (Å²) in [6.45, 7) is 2.65. The monoisotopic (exact) mass is 261 g/mol. The molecule has 1 aromatic rings. The van der Waals surface area contributed by atoms with Crippen LogP contribution in [0.25, 0.3) is 0 Å². The van der Waals surface area contributed by atoms with Gasteiger partial charge in [0.15, 0.2) is 5.96 Å². The zero-order chi connectivity index (χ0) is 13.5. The highest BCUT2D eigenvalue weighted by Crippen LogP contribution is 2.15. The number of aliphatic hydroxyl groups excluding tert-OH is 1. The van der Waals surface area contributed by atoms with E-state index in [1.807, 2.05) is 30.3 Å². The molecule has 1 heterocycles. The summed E-state index contributed by atoms with van der Waals surface area (Å²) in [5.74, 6) is 0.652. The van der Waals surface area contributed by atoms with Crippen LogP contribution in [0.4, 0.5) is 0 Å². The number of aliphatic imine (C=N–C) groups is 1. The number of rotatable bonds is 4. The largest absolute Gasteiger partial charge is 0.396 e. The van der Waals surface area contributed by atoms with Gasteiger partial charge in [-0.25, -0.2) is 0 Å². The van der Waals surface area contributed by atoms with Crippen molar-refractivity contribution < 1.29 is 5.11 Å². The number of aliphatic hydroxyl groups is 1. The van der Waals surface area contributed by atoms with Crippen LogP contribution in [0.3, 0.4) is 0 Å². The smallest absolute Gasteiger partial charge is 0.191 e. The number of guanidine groups is 1. The Balaban J connectivity index is 1.95. The number of benzene rings is 1. The first-order chi connectivity index (χ1) is 9.31. The van der Waals surface area contributed by atoms with Crippen molar-refractivity contribution in [2.45, 2.75) is 25.2 Å². The predicted molar refractivity (Wildman–Crippen MR) is 78.2 cm³/mol. The van der Waals surface area contributed by atoms with Crippen LogP contribution in [0.15, 0.2) is 35.3 Å². The standard InChI is InChI=1S/C15H23N3O/c16-15(18-9-5-2-6-10-18)17-11-14(12-19)13-7-3-1-4-8-13/h1,3-4,7-8,14,19H,2,5-6,9-12H2,(H2,16,17). The van der Waals surface area contributed by atoms with Crippen LogP contribution in [-0.4, -0.2) is 42.2 Å². The molecule has 0 saturated carbocycles. The van der Waals surface area contributed by atoms with E-state index >= 15 is 0 Å². The van der Waals surface area contributed by atoms with E-state index in [1.165, 1.54) is 19.3 Å².